The third kappa shape index (κ3) is 5.67. The number of pyridine rings is 1. The Kier molecular flexibility index (Phi) is 6.78. The summed E-state index contributed by atoms with van der Waals surface area (Å²) in [5, 5.41) is 2.69. The first-order valence-corrected chi connectivity index (χ1v) is 9.35. The lowest BCUT2D eigenvalue weighted by molar-refractivity contribution is -0.134. The van der Waals surface area contributed by atoms with Crippen molar-refractivity contribution in [3.05, 3.63) is 71.6 Å². The standard InChI is InChI=1S/C22H24N2O4/c1-27-21(25)13-16-7-9-18(10-8-16)20-12-11-19(14-23-20)24-22(26)28-15-17-5-3-2-4-6-17/h2-6,11-14,18H,7-10,15H2,1H3,(H,24,26). The van der Waals surface area contributed by atoms with Crippen molar-refractivity contribution >= 4 is 17.7 Å². The summed E-state index contributed by atoms with van der Waals surface area (Å²) in [6.45, 7) is 0.224. The number of rotatable bonds is 5. The van der Waals surface area contributed by atoms with Crippen molar-refractivity contribution < 1.29 is 19.1 Å². The molecule has 1 aliphatic carbocycles. The number of nitrogens with zero attached hydrogens (tertiary/aromatic N) is 1. The molecule has 3 rings (SSSR count). The molecule has 1 amide bonds. The summed E-state index contributed by atoms with van der Waals surface area (Å²) < 4.78 is 9.89. The average molecular weight is 380 g/mol. The monoisotopic (exact) mass is 380 g/mol. The van der Waals surface area contributed by atoms with Crippen molar-refractivity contribution in [1.82, 2.24) is 4.98 Å². The predicted octanol–water partition coefficient (Wildman–Crippen LogP) is 4.59. The molecule has 1 fully saturated rings. The van der Waals surface area contributed by atoms with Gasteiger partial charge in [0.25, 0.3) is 0 Å². The number of hydrogen-bond acceptors (Lipinski definition) is 5. The fourth-order valence-electron chi connectivity index (χ4n) is 3.25. The van der Waals surface area contributed by atoms with Gasteiger partial charge in [-0.2, -0.15) is 0 Å². The maximum absolute atomic E-state index is 11.9. The average Bonchev–Trinajstić information content (AvgIpc) is 2.74. The van der Waals surface area contributed by atoms with Gasteiger partial charge in [0.15, 0.2) is 0 Å². The highest BCUT2D eigenvalue weighted by molar-refractivity contribution is 5.84. The van der Waals surface area contributed by atoms with E-state index >= 15 is 0 Å². The van der Waals surface area contributed by atoms with E-state index < -0.39 is 6.09 Å². The fraction of sp³-hybridized carbons (Fsp3) is 0.318. The summed E-state index contributed by atoms with van der Waals surface area (Å²) in [5.41, 5.74) is 3.66. The predicted molar refractivity (Wildman–Crippen MR) is 106 cm³/mol. The highest BCUT2D eigenvalue weighted by atomic mass is 16.5. The first-order chi connectivity index (χ1) is 13.6. The van der Waals surface area contributed by atoms with Gasteiger partial charge in [-0.25, -0.2) is 9.59 Å². The molecule has 6 heteroatoms. The number of carbonyl (C=O) groups excluding carboxylic acids is 2. The molecule has 6 nitrogen and oxygen atoms in total. The first-order valence-electron chi connectivity index (χ1n) is 9.35. The molecule has 2 aromatic rings. The first kappa shape index (κ1) is 19.6. The normalized spacial score (nSPS) is 16.2. The number of amides is 1. The van der Waals surface area contributed by atoms with Crippen LogP contribution in [0.2, 0.25) is 0 Å². The molecule has 0 saturated heterocycles. The summed E-state index contributed by atoms with van der Waals surface area (Å²) in [5.74, 6) is 0.0648. The van der Waals surface area contributed by atoms with Crippen LogP contribution in [-0.2, 0) is 20.9 Å². The van der Waals surface area contributed by atoms with E-state index in [9.17, 15) is 9.59 Å². The SMILES string of the molecule is COC(=O)C=C1CCC(c2ccc(NC(=O)OCc3ccccc3)cn2)CC1. The van der Waals surface area contributed by atoms with Gasteiger partial charge in [-0.1, -0.05) is 35.9 Å². The van der Waals surface area contributed by atoms with Gasteiger partial charge in [0.05, 0.1) is 19.0 Å². The second-order valence-corrected chi connectivity index (χ2v) is 6.76. The number of allylic oxidation sites excluding steroid dienone is 1. The number of anilines is 1. The van der Waals surface area contributed by atoms with Gasteiger partial charge in [-0.05, 0) is 43.4 Å². The Balaban J connectivity index is 1.48. The Morgan fingerprint density at radius 1 is 1.14 bits per heavy atom. The minimum Gasteiger partial charge on any atom is -0.466 e. The zero-order valence-corrected chi connectivity index (χ0v) is 15.9. The molecule has 1 aliphatic rings. The van der Waals surface area contributed by atoms with E-state index in [0.717, 1.165) is 42.5 Å². The number of aromatic nitrogens is 1. The Labute approximate surface area is 164 Å². The molecule has 1 aromatic carbocycles. The highest BCUT2D eigenvalue weighted by Gasteiger charge is 2.20. The molecule has 28 heavy (non-hydrogen) atoms. The summed E-state index contributed by atoms with van der Waals surface area (Å²) in [6.07, 6.45) is 6.37. The second kappa shape index (κ2) is 9.69. The Morgan fingerprint density at radius 2 is 1.89 bits per heavy atom. The van der Waals surface area contributed by atoms with E-state index in [2.05, 4.69) is 15.0 Å². The molecule has 0 radical (unpaired) electrons. The summed E-state index contributed by atoms with van der Waals surface area (Å²) in [7, 11) is 1.39. The molecular formula is C22H24N2O4. The number of carbonyl (C=O) groups is 2. The largest absolute Gasteiger partial charge is 0.466 e. The van der Waals surface area contributed by atoms with Gasteiger partial charge in [-0.15, -0.1) is 0 Å². The summed E-state index contributed by atoms with van der Waals surface area (Å²) >= 11 is 0. The van der Waals surface area contributed by atoms with E-state index in [1.165, 1.54) is 7.11 Å². The lowest BCUT2D eigenvalue weighted by Gasteiger charge is -2.23. The maximum Gasteiger partial charge on any atom is 0.412 e. The Morgan fingerprint density at radius 3 is 2.54 bits per heavy atom. The molecule has 0 unspecified atom stereocenters. The third-order valence-corrected chi connectivity index (χ3v) is 4.81. The lowest BCUT2D eigenvalue weighted by Crippen LogP contribution is -2.14. The number of benzene rings is 1. The van der Waals surface area contributed by atoms with Gasteiger partial charge in [-0.3, -0.25) is 10.3 Å². The third-order valence-electron chi connectivity index (χ3n) is 4.81. The summed E-state index contributed by atoms with van der Waals surface area (Å²) in [6, 6.07) is 13.3. The quantitative estimate of drug-likeness (QED) is 0.606. The number of hydrogen-bond donors (Lipinski definition) is 1. The van der Waals surface area contributed by atoms with Gasteiger partial charge in [0.1, 0.15) is 6.61 Å². The van der Waals surface area contributed by atoms with Crippen molar-refractivity contribution in [2.75, 3.05) is 12.4 Å². The van der Waals surface area contributed by atoms with Crippen LogP contribution in [0, 0.1) is 0 Å². The zero-order valence-electron chi connectivity index (χ0n) is 15.9. The smallest absolute Gasteiger partial charge is 0.412 e. The molecule has 1 aromatic heterocycles. The van der Waals surface area contributed by atoms with E-state index in [-0.39, 0.29) is 12.6 Å². The second-order valence-electron chi connectivity index (χ2n) is 6.76. The molecule has 1 heterocycles. The topological polar surface area (TPSA) is 77.5 Å². The molecule has 146 valence electrons. The van der Waals surface area contributed by atoms with E-state index in [1.54, 1.807) is 12.3 Å². The highest BCUT2D eigenvalue weighted by Crippen LogP contribution is 2.34. The van der Waals surface area contributed by atoms with Crippen LogP contribution in [0.4, 0.5) is 10.5 Å². The molecule has 0 spiro atoms. The minimum absolute atomic E-state index is 0.224. The fourth-order valence-corrected chi connectivity index (χ4v) is 3.25. The zero-order chi connectivity index (χ0) is 19.8. The number of methoxy groups -OCH3 is 1. The van der Waals surface area contributed by atoms with Crippen molar-refractivity contribution in [2.24, 2.45) is 0 Å². The van der Waals surface area contributed by atoms with Crippen LogP contribution in [0.1, 0.15) is 42.9 Å². The van der Waals surface area contributed by atoms with Crippen LogP contribution in [0.3, 0.4) is 0 Å². The molecule has 1 saturated carbocycles. The van der Waals surface area contributed by atoms with Gasteiger partial charge >= 0.3 is 12.1 Å². The molecule has 0 atom stereocenters. The molecule has 1 N–H and O–H groups in total. The number of esters is 1. The summed E-state index contributed by atoms with van der Waals surface area (Å²) in [4.78, 5) is 27.7. The molecule has 0 bridgehead atoms. The van der Waals surface area contributed by atoms with E-state index in [1.807, 2.05) is 42.5 Å². The van der Waals surface area contributed by atoms with E-state index in [0.29, 0.717) is 11.6 Å². The van der Waals surface area contributed by atoms with Gasteiger partial charge in [0, 0.05) is 17.7 Å². The van der Waals surface area contributed by atoms with Crippen LogP contribution in [0.15, 0.2) is 60.3 Å². The Bertz CT molecular complexity index is 821. The van der Waals surface area contributed by atoms with Gasteiger partial charge in [0.2, 0.25) is 0 Å². The van der Waals surface area contributed by atoms with E-state index in [4.69, 9.17) is 4.74 Å². The van der Waals surface area contributed by atoms with Crippen molar-refractivity contribution in [1.29, 1.82) is 0 Å². The molecule has 0 aliphatic heterocycles. The maximum atomic E-state index is 11.9. The Hall–Kier alpha value is -3.15. The molecular weight excluding hydrogens is 356 g/mol. The lowest BCUT2D eigenvalue weighted by atomic mass is 9.83. The minimum atomic E-state index is -0.506. The van der Waals surface area contributed by atoms with Crippen molar-refractivity contribution in [3.8, 4) is 0 Å². The van der Waals surface area contributed by atoms with Crippen molar-refractivity contribution in [3.63, 3.8) is 0 Å². The van der Waals surface area contributed by atoms with Crippen LogP contribution >= 0.6 is 0 Å². The van der Waals surface area contributed by atoms with Crippen molar-refractivity contribution in [2.45, 2.75) is 38.2 Å². The van der Waals surface area contributed by atoms with Crippen LogP contribution in [-0.4, -0.2) is 24.2 Å². The van der Waals surface area contributed by atoms with Crippen LogP contribution in [0.5, 0.6) is 0 Å². The van der Waals surface area contributed by atoms with Gasteiger partial charge < -0.3 is 9.47 Å². The number of ether oxygens (including phenoxy) is 2. The number of nitrogens with one attached hydrogen (secondary N) is 1. The van der Waals surface area contributed by atoms with Crippen LogP contribution in [0.25, 0.3) is 0 Å². The van der Waals surface area contributed by atoms with Crippen LogP contribution < -0.4 is 5.32 Å².